The number of esters is 1. The van der Waals surface area contributed by atoms with Gasteiger partial charge in [0.2, 0.25) is 0 Å². The van der Waals surface area contributed by atoms with Crippen molar-refractivity contribution in [1.82, 2.24) is 5.32 Å². The Kier molecular flexibility index (Phi) is 4.43. The minimum absolute atomic E-state index is 0.0423. The molecule has 0 aromatic carbocycles. The quantitative estimate of drug-likeness (QED) is 0.748. The molecule has 2 aliphatic carbocycles. The molecule has 2 aliphatic rings. The van der Waals surface area contributed by atoms with Crippen LogP contribution in [-0.4, -0.2) is 25.7 Å². The van der Waals surface area contributed by atoms with E-state index in [1.165, 1.54) is 45.6 Å². The minimum atomic E-state index is -0.0725. The predicted octanol–water partition coefficient (Wildman–Crippen LogP) is 2.35. The van der Waals surface area contributed by atoms with Crippen LogP contribution in [0.3, 0.4) is 0 Å². The number of hydrogen-bond donors (Lipinski definition) is 1. The lowest BCUT2D eigenvalue weighted by atomic mass is 9.83. The summed E-state index contributed by atoms with van der Waals surface area (Å²) in [6.45, 7) is 3.33. The third-order valence-electron chi connectivity index (χ3n) is 4.31. The number of ether oxygens (including phenoxy) is 1. The van der Waals surface area contributed by atoms with E-state index < -0.39 is 0 Å². The summed E-state index contributed by atoms with van der Waals surface area (Å²) in [5.74, 6) is 2.12. The maximum Gasteiger partial charge on any atom is 0.323 e. The molecule has 0 aromatic heterocycles. The van der Waals surface area contributed by atoms with Crippen LogP contribution in [-0.2, 0) is 9.53 Å². The molecule has 1 atom stereocenters. The Morgan fingerprint density at radius 3 is 2.41 bits per heavy atom. The Morgan fingerprint density at radius 1 is 1.24 bits per heavy atom. The molecule has 3 nitrogen and oxygen atoms in total. The number of hydrogen-bond acceptors (Lipinski definition) is 3. The fourth-order valence-corrected chi connectivity index (χ4v) is 2.83. The molecular formula is C14H25NO2. The van der Waals surface area contributed by atoms with E-state index in [-0.39, 0.29) is 12.0 Å². The molecule has 1 unspecified atom stereocenters. The van der Waals surface area contributed by atoms with E-state index in [1.807, 2.05) is 0 Å². The number of nitrogens with one attached hydrogen (secondary N) is 1. The summed E-state index contributed by atoms with van der Waals surface area (Å²) < 4.78 is 4.87. The van der Waals surface area contributed by atoms with Gasteiger partial charge in [-0.05, 0) is 50.0 Å². The van der Waals surface area contributed by atoms with Crippen molar-refractivity contribution in [2.45, 2.75) is 51.5 Å². The topological polar surface area (TPSA) is 38.3 Å². The zero-order chi connectivity index (χ0) is 12.3. The van der Waals surface area contributed by atoms with Crippen LogP contribution in [0.5, 0.6) is 0 Å². The number of methoxy groups -OCH3 is 1. The second-order valence-electron chi connectivity index (χ2n) is 5.87. The van der Waals surface area contributed by atoms with Crippen molar-refractivity contribution < 1.29 is 9.53 Å². The van der Waals surface area contributed by atoms with Crippen LogP contribution < -0.4 is 5.32 Å². The zero-order valence-corrected chi connectivity index (χ0v) is 11.1. The molecule has 0 aromatic rings. The highest BCUT2D eigenvalue weighted by atomic mass is 16.5. The van der Waals surface area contributed by atoms with Gasteiger partial charge in [0.05, 0.1) is 7.11 Å². The Morgan fingerprint density at radius 2 is 1.88 bits per heavy atom. The Bertz CT molecular complexity index is 255. The molecule has 17 heavy (non-hydrogen) atoms. The van der Waals surface area contributed by atoms with Gasteiger partial charge in [0.1, 0.15) is 6.04 Å². The highest BCUT2D eigenvalue weighted by Gasteiger charge is 2.37. The van der Waals surface area contributed by atoms with Gasteiger partial charge in [-0.2, -0.15) is 0 Å². The molecule has 3 heteroatoms. The molecule has 0 aliphatic heterocycles. The van der Waals surface area contributed by atoms with E-state index in [2.05, 4.69) is 12.2 Å². The molecule has 1 N–H and O–H groups in total. The fraction of sp³-hybridized carbons (Fsp3) is 0.929. The maximum atomic E-state index is 11.6. The molecule has 0 saturated heterocycles. The van der Waals surface area contributed by atoms with Crippen molar-refractivity contribution in [3.05, 3.63) is 0 Å². The molecule has 0 radical (unpaired) electrons. The highest BCUT2D eigenvalue weighted by molar-refractivity contribution is 5.76. The van der Waals surface area contributed by atoms with Crippen molar-refractivity contribution in [3.63, 3.8) is 0 Å². The molecular weight excluding hydrogens is 214 g/mol. The summed E-state index contributed by atoms with van der Waals surface area (Å²) in [7, 11) is 1.49. The standard InChI is InChI=1S/C14H25NO2/c1-10-3-5-11(6-4-10)9-15-13(12-7-8-12)14(16)17-2/h10-13,15H,3-9H2,1-2H3. The lowest BCUT2D eigenvalue weighted by Crippen LogP contribution is -2.42. The maximum absolute atomic E-state index is 11.6. The van der Waals surface area contributed by atoms with Gasteiger partial charge in [0.15, 0.2) is 0 Å². The fourth-order valence-electron chi connectivity index (χ4n) is 2.83. The van der Waals surface area contributed by atoms with Crippen LogP contribution in [0.2, 0.25) is 0 Å². The summed E-state index contributed by atoms with van der Waals surface area (Å²) in [5, 5.41) is 3.44. The van der Waals surface area contributed by atoms with E-state index in [0.29, 0.717) is 5.92 Å². The summed E-state index contributed by atoms with van der Waals surface area (Å²) in [5.41, 5.74) is 0. The lowest BCUT2D eigenvalue weighted by Gasteiger charge is -2.27. The second kappa shape index (κ2) is 5.85. The zero-order valence-electron chi connectivity index (χ0n) is 11.1. The first-order valence-corrected chi connectivity index (χ1v) is 7.02. The van der Waals surface area contributed by atoms with Gasteiger partial charge in [-0.15, -0.1) is 0 Å². The predicted molar refractivity (Wildman–Crippen MR) is 67.7 cm³/mol. The van der Waals surface area contributed by atoms with Gasteiger partial charge in [-0.1, -0.05) is 19.8 Å². The van der Waals surface area contributed by atoms with E-state index in [9.17, 15) is 4.79 Å². The Labute approximate surface area is 104 Å². The van der Waals surface area contributed by atoms with Gasteiger partial charge in [-0.3, -0.25) is 4.79 Å². The van der Waals surface area contributed by atoms with Crippen LogP contribution in [0.15, 0.2) is 0 Å². The van der Waals surface area contributed by atoms with E-state index >= 15 is 0 Å². The van der Waals surface area contributed by atoms with Gasteiger partial charge in [0.25, 0.3) is 0 Å². The molecule has 0 bridgehead atoms. The number of carbonyl (C=O) groups is 1. The molecule has 0 spiro atoms. The average Bonchev–Trinajstić information content (AvgIpc) is 3.16. The highest BCUT2D eigenvalue weighted by Crippen LogP contribution is 2.34. The third kappa shape index (κ3) is 3.70. The van der Waals surface area contributed by atoms with Crippen LogP contribution in [0, 0.1) is 17.8 Å². The molecule has 98 valence electrons. The number of carbonyl (C=O) groups excluding carboxylic acids is 1. The normalized spacial score (nSPS) is 30.9. The Balaban J connectivity index is 1.73. The molecule has 2 fully saturated rings. The van der Waals surface area contributed by atoms with Crippen LogP contribution in [0.1, 0.15) is 45.4 Å². The monoisotopic (exact) mass is 239 g/mol. The summed E-state index contributed by atoms with van der Waals surface area (Å²) in [6.07, 6.45) is 7.67. The lowest BCUT2D eigenvalue weighted by molar-refractivity contribution is -0.143. The van der Waals surface area contributed by atoms with Crippen molar-refractivity contribution in [3.8, 4) is 0 Å². The number of rotatable bonds is 5. The largest absolute Gasteiger partial charge is 0.468 e. The van der Waals surface area contributed by atoms with Crippen molar-refractivity contribution in [1.29, 1.82) is 0 Å². The molecule has 2 saturated carbocycles. The molecule has 0 heterocycles. The summed E-state index contributed by atoms with van der Waals surface area (Å²) in [4.78, 5) is 11.6. The van der Waals surface area contributed by atoms with E-state index in [1.54, 1.807) is 0 Å². The first-order chi connectivity index (χ1) is 8.20. The summed E-state index contributed by atoms with van der Waals surface area (Å²) >= 11 is 0. The minimum Gasteiger partial charge on any atom is -0.468 e. The van der Waals surface area contributed by atoms with Crippen molar-refractivity contribution >= 4 is 5.97 Å². The molecule has 2 rings (SSSR count). The average molecular weight is 239 g/mol. The van der Waals surface area contributed by atoms with Gasteiger partial charge >= 0.3 is 5.97 Å². The third-order valence-corrected chi connectivity index (χ3v) is 4.31. The van der Waals surface area contributed by atoms with Crippen LogP contribution in [0.4, 0.5) is 0 Å². The van der Waals surface area contributed by atoms with Crippen molar-refractivity contribution in [2.24, 2.45) is 17.8 Å². The van der Waals surface area contributed by atoms with Crippen molar-refractivity contribution in [2.75, 3.05) is 13.7 Å². The second-order valence-corrected chi connectivity index (χ2v) is 5.87. The molecule has 0 amide bonds. The van der Waals surface area contributed by atoms with E-state index in [0.717, 1.165) is 18.4 Å². The van der Waals surface area contributed by atoms with E-state index in [4.69, 9.17) is 4.74 Å². The van der Waals surface area contributed by atoms with Gasteiger partial charge in [0, 0.05) is 0 Å². The van der Waals surface area contributed by atoms with Crippen LogP contribution >= 0.6 is 0 Å². The van der Waals surface area contributed by atoms with Gasteiger partial charge in [-0.25, -0.2) is 0 Å². The van der Waals surface area contributed by atoms with Crippen LogP contribution in [0.25, 0.3) is 0 Å². The Hall–Kier alpha value is -0.570. The SMILES string of the molecule is COC(=O)C(NCC1CCC(C)CC1)C1CC1. The smallest absolute Gasteiger partial charge is 0.323 e. The summed E-state index contributed by atoms with van der Waals surface area (Å²) in [6, 6.07) is -0.0423. The first-order valence-electron chi connectivity index (χ1n) is 7.02. The van der Waals surface area contributed by atoms with Gasteiger partial charge < -0.3 is 10.1 Å². The first kappa shape index (κ1) is 12.9.